The lowest BCUT2D eigenvalue weighted by atomic mass is 10.0. The lowest BCUT2D eigenvalue weighted by molar-refractivity contribution is 0.0526. The molecular weight excluding hydrogens is 270 g/mol. The van der Waals surface area contributed by atoms with Crippen LogP contribution in [0.4, 0.5) is 11.5 Å². The molecule has 1 aromatic heterocycles. The van der Waals surface area contributed by atoms with Gasteiger partial charge in [-0.2, -0.15) is 0 Å². The minimum absolute atomic E-state index is 0.0502. The molecule has 0 fully saturated rings. The maximum absolute atomic E-state index is 12.0. The van der Waals surface area contributed by atoms with Crippen molar-refractivity contribution in [3.8, 4) is 0 Å². The molecule has 0 amide bonds. The molecule has 1 aromatic rings. The van der Waals surface area contributed by atoms with Crippen molar-refractivity contribution in [2.45, 2.75) is 33.7 Å². The molecule has 1 rings (SSSR count). The lowest BCUT2D eigenvalue weighted by Gasteiger charge is -2.23. The molecule has 0 aliphatic rings. The number of hydrogen-bond donors (Lipinski definition) is 2. The van der Waals surface area contributed by atoms with Crippen LogP contribution in [0.1, 0.15) is 38.1 Å². The van der Waals surface area contributed by atoms with Gasteiger partial charge in [0.25, 0.3) is 0 Å². The second kappa shape index (κ2) is 8.46. The van der Waals surface area contributed by atoms with Gasteiger partial charge in [0.2, 0.25) is 0 Å². The van der Waals surface area contributed by atoms with Crippen LogP contribution in [0.15, 0.2) is 12.3 Å². The molecule has 0 radical (unpaired) electrons. The minimum Gasteiger partial charge on any atom is -0.462 e. The van der Waals surface area contributed by atoms with E-state index in [9.17, 15) is 4.79 Å². The number of esters is 1. The first-order valence-corrected chi connectivity index (χ1v) is 7.26. The Morgan fingerprint density at radius 3 is 2.67 bits per heavy atom. The molecule has 1 unspecified atom stereocenters. The van der Waals surface area contributed by atoms with E-state index in [-0.39, 0.29) is 6.04 Å². The summed E-state index contributed by atoms with van der Waals surface area (Å²) >= 11 is 0. The van der Waals surface area contributed by atoms with Crippen LogP contribution >= 0.6 is 0 Å². The highest BCUT2D eigenvalue weighted by Crippen LogP contribution is 2.19. The summed E-state index contributed by atoms with van der Waals surface area (Å²) in [6.45, 7) is 9.36. The fourth-order valence-corrected chi connectivity index (χ4v) is 1.78. The predicted molar refractivity (Wildman–Crippen MR) is 83.3 cm³/mol. The Bertz CT molecular complexity index is 463. The monoisotopic (exact) mass is 295 g/mol. The summed E-state index contributed by atoms with van der Waals surface area (Å²) in [5, 5.41) is 3.26. The maximum atomic E-state index is 12.0. The lowest BCUT2D eigenvalue weighted by Crippen LogP contribution is -2.32. The van der Waals surface area contributed by atoms with Crippen molar-refractivity contribution in [1.29, 1.82) is 0 Å². The number of anilines is 2. The first-order valence-electron chi connectivity index (χ1n) is 7.26. The zero-order valence-corrected chi connectivity index (χ0v) is 13.2. The van der Waals surface area contributed by atoms with Gasteiger partial charge >= 0.3 is 5.97 Å². The fraction of sp³-hybridized carbons (Fsp3) is 0.600. The summed E-state index contributed by atoms with van der Waals surface area (Å²) in [6.07, 6.45) is 1.52. The van der Waals surface area contributed by atoms with E-state index in [2.05, 4.69) is 24.1 Å². The Hall–Kier alpha value is -1.82. The number of aromatic nitrogens is 1. The van der Waals surface area contributed by atoms with E-state index in [4.69, 9.17) is 15.2 Å². The third-order valence-corrected chi connectivity index (χ3v) is 3.03. The number of rotatable bonds is 8. The smallest absolute Gasteiger partial charge is 0.341 e. The molecule has 3 N–H and O–H groups in total. The van der Waals surface area contributed by atoms with Gasteiger partial charge in [-0.05, 0) is 25.8 Å². The highest BCUT2D eigenvalue weighted by molar-refractivity contribution is 5.95. The van der Waals surface area contributed by atoms with Crippen molar-refractivity contribution in [2.24, 2.45) is 5.92 Å². The highest BCUT2D eigenvalue weighted by atomic mass is 16.5. The van der Waals surface area contributed by atoms with E-state index in [1.165, 1.54) is 6.20 Å². The summed E-state index contributed by atoms with van der Waals surface area (Å²) in [5.41, 5.74) is 6.48. The Morgan fingerprint density at radius 2 is 2.10 bits per heavy atom. The van der Waals surface area contributed by atoms with E-state index in [0.717, 1.165) is 0 Å². The number of nitrogens with zero attached hydrogens (tertiary/aromatic N) is 1. The van der Waals surface area contributed by atoms with E-state index < -0.39 is 5.97 Å². The summed E-state index contributed by atoms with van der Waals surface area (Å²) in [5.74, 6) is 0.366. The number of nitrogen functional groups attached to an aromatic ring is 1. The standard InChI is InChI=1S/C15H25N3O3/c1-5-20-9-13(10(3)4)18-14-12(15(19)21-6-2)7-11(16)8-17-14/h7-8,10,13H,5-6,9,16H2,1-4H3,(H,17,18). The molecule has 0 aromatic carbocycles. The molecule has 0 saturated heterocycles. The Labute approximate surface area is 126 Å². The van der Waals surface area contributed by atoms with E-state index >= 15 is 0 Å². The highest BCUT2D eigenvalue weighted by Gasteiger charge is 2.19. The summed E-state index contributed by atoms with van der Waals surface area (Å²) < 4.78 is 10.5. The SMILES string of the molecule is CCOCC(Nc1ncc(N)cc1C(=O)OCC)C(C)C. The van der Waals surface area contributed by atoms with Crippen LogP contribution < -0.4 is 11.1 Å². The van der Waals surface area contributed by atoms with Gasteiger partial charge in [-0.25, -0.2) is 9.78 Å². The molecule has 0 bridgehead atoms. The van der Waals surface area contributed by atoms with E-state index in [0.29, 0.717) is 42.8 Å². The van der Waals surface area contributed by atoms with Gasteiger partial charge in [0.05, 0.1) is 31.1 Å². The number of carbonyl (C=O) groups excluding carboxylic acids is 1. The number of hydrogen-bond acceptors (Lipinski definition) is 6. The normalized spacial score (nSPS) is 12.2. The van der Waals surface area contributed by atoms with Crippen molar-refractivity contribution >= 4 is 17.5 Å². The van der Waals surface area contributed by atoms with Crippen LogP contribution in [0.2, 0.25) is 0 Å². The molecule has 6 nitrogen and oxygen atoms in total. The Balaban J connectivity index is 2.96. The Morgan fingerprint density at radius 1 is 1.38 bits per heavy atom. The second-order valence-electron chi connectivity index (χ2n) is 5.04. The van der Waals surface area contributed by atoms with Crippen LogP contribution in [0.5, 0.6) is 0 Å². The molecule has 1 atom stereocenters. The number of carbonyl (C=O) groups is 1. The molecule has 0 aliphatic carbocycles. The summed E-state index contributed by atoms with van der Waals surface area (Å²) in [6, 6.07) is 1.63. The van der Waals surface area contributed by atoms with Crippen LogP contribution in [0, 0.1) is 5.92 Å². The first kappa shape index (κ1) is 17.2. The first-order chi connectivity index (χ1) is 9.99. The van der Waals surface area contributed by atoms with Crippen LogP contribution in [0.25, 0.3) is 0 Å². The van der Waals surface area contributed by atoms with Crippen LogP contribution in [-0.4, -0.2) is 36.8 Å². The number of pyridine rings is 1. The zero-order valence-electron chi connectivity index (χ0n) is 13.2. The molecule has 0 saturated carbocycles. The molecule has 6 heteroatoms. The topological polar surface area (TPSA) is 86.5 Å². The molecule has 118 valence electrons. The average molecular weight is 295 g/mol. The average Bonchev–Trinajstić information content (AvgIpc) is 2.44. The van der Waals surface area contributed by atoms with Crippen molar-refractivity contribution in [3.05, 3.63) is 17.8 Å². The summed E-state index contributed by atoms with van der Waals surface area (Å²) in [7, 11) is 0. The molecular formula is C15H25N3O3. The maximum Gasteiger partial charge on any atom is 0.341 e. The number of ether oxygens (including phenoxy) is 2. The molecule has 0 spiro atoms. The van der Waals surface area contributed by atoms with Gasteiger partial charge in [-0.1, -0.05) is 13.8 Å². The molecule has 1 heterocycles. The van der Waals surface area contributed by atoms with Gasteiger partial charge in [0.15, 0.2) is 0 Å². The zero-order chi connectivity index (χ0) is 15.8. The van der Waals surface area contributed by atoms with Crippen molar-refractivity contribution in [3.63, 3.8) is 0 Å². The van der Waals surface area contributed by atoms with Gasteiger partial charge < -0.3 is 20.5 Å². The second-order valence-corrected chi connectivity index (χ2v) is 5.04. The summed E-state index contributed by atoms with van der Waals surface area (Å²) in [4.78, 5) is 16.2. The number of nitrogens with one attached hydrogen (secondary N) is 1. The van der Waals surface area contributed by atoms with Crippen LogP contribution in [0.3, 0.4) is 0 Å². The van der Waals surface area contributed by atoms with Gasteiger partial charge in [0, 0.05) is 6.61 Å². The largest absolute Gasteiger partial charge is 0.462 e. The third kappa shape index (κ3) is 5.23. The third-order valence-electron chi connectivity index (χ3n) is 3.03. The quantitative estimate of drug-likeness (QED) is 0.716. The Kier molecular flexibility index (Phi) is 6.94. The fourth-order valence-electron chi connectivity index (χ4n) is 1.78. The predicted octanol–water partition coefficient (Wildman–Crippen LogP) is 2.31. The van der Waals surface area contributed by atoms with E-state index in [1.54, 1.807) is 13.0 Å². The van der Waals surface area contributed by atoms with Crippen LogP contribution in [-0.2, 0) is 9.47 Å². The van der Waals surface area contributed by atoms with Crippen molar-refractivity contribution < 1.29 is 14.3 Å². The minimum atomic E-state index is -0.432. The van der Waals surface area contributed by atoms with Gasteiger partial charge in [0.1, 0.15) is 11.4 Å². The number of nitrogens with two attached hydrogens (primary N) is 1. The van der Waals surface area contributed by atoms with E-state index in [1.807, 2.05) is 6.92 Å². The van der Waals surface area contributed by atoms with Crippen molar-refractivity contribution in [1.82, 2.24) is 4.98 Å². The van der Waals surface area contributed by atoms with Gasteiger partial charge in [-0.3, -0.25) is 0 Å². The molecule has 0 aliphatic heterocycles. The van der Waals surface area contributed by atoms with Crippen molar-refractivity contribution in [2.75, 3.05) is 30.9 Å². The van der Waals surface area contributed by atoms with Gasteiger partial charge in [-0.15, -0.1) is 0 Å². The molecule has 21 heavy (non-hydrogen) atoms.